The molecule has 4 nitrogen and oxygen atoms in total. The molecule has 0 spiro atoms. The molecule has 3 aromatic rings. The largest absolute Gasteiger partial charge is 0.254 e. The molecular weight excluding hydrogens is 302 g/mol. The molecule has 0 aliphatic carbocycles. The SMILES string of the molecule is Fc1cccc(F)c1-c1csc(CSc2ncn[nH]2)n1. The summed E-state index contributed by atoms with van der Waals surface area (Å²) in [5.41, 5.74) is 0.235. The molecule has 3 rings (SSSR count). The van der Waals surface area contributed by atoms with Crippen molar-refractivity contribution < 1.29 is 8.78 Å². The van der Waals surface area contributed by atoms with Crippen LogP contribution in [0.3, 0.4) is 0 Å². The van der Waals surface area contributed by atoms with Gasteiger partial charge >= 0.3 is 0 Å². The van der Waals surface area contributed by atoms with E-state index in [0.29, 0.717) is 16.6 Å². The van der Waals surface area contributed by atoms with Gasteiger partial charge in [0.2, 0.25) is 0 Å². The van der Waals surface area contributed by atoms with Crippen LogP contribution in [0.5, 0.6) is 0 Å². The fourth-order valence-electron chi connectivity index (χ4n) is 1.63. The molecule has 0 aliphatic heterocycles. The van der Waals surface area contributed by atoms with Crippen molar-refractivity contribution in [2.45, 2.75) is 10.9 Å². The summed E-state index contributed by atoms with van der Waals surface area (Å²) >= 11 is 2.78. The fourth-order valence-corrected chi connectivity index (χ4v) is 3.21. The molecule has 0 amide bonds. The van der Waals surface area contributed by atoms with Crippen molar-refractivity contribution in [3.8, 4) is 11.3 Å². The molecule has 1 aromatic carbocycles. The van der Waals surface area contributed by atoms with E-state index in [1.807, 2.05) is 0 Å². The fraction of sp³-hybridized carbons (Fsp3) is 0.0833. The Morgan fingerprint density at radius 3 is 2.75 bits per heavy atom. The summed E-state index contributed by atoms with van der Waals surface area (Å²) < 4.78 is 27.3. The van der Waals surface area contributed by atoms with Gasteiger partial charge in [-0.3, -0.25) is 5.10 Å². The van der Waals surface area contributed by atoms with E-state index in [1.54, 1.807) is 5.38 Å². The van der Waals surface area contributed by atoms with E-state index < -0.39 is 11.6 Å². The molecule has 0 fully saturated rings. The summed E-state index contributed by atoms with van der Waals surface area (Å²) in [5.74, 6) is -0.648. The van der Waals surface area contributed by atoms with E-state index in [1.165, 1.54) is 47.6 Å². The summed E-state index contributed by atoms with van der Waals surface area (Å²) in [6.45, 7) is 0. The van der Waals surface area contributed by atoms with Crippen LogP contribution < -0.4 is 0 Å². The first-order chi connectivity index (χ1) is 9.74. The zero-order valence-corrected chi connectivity index (χ0v) is 11.6. The minimum atomic E-state index is -0.607. The molecule has 2 aromatic heterocycles. The van der Waals surface area contributed by atoms with Gasteiger partial charge in [-0.1, -0.05) is 17.8 Å². The third-order valence-electron chi connectivity index (χ3n) is 2.50. The molecule has 2 heterocycles. The van der Waals surface area contributed by atoms with Gasteiger partial charge in [0.1, 0.15) is 23.0 Å². The topological polar surface area (TPSA) is 54.5 Å². The Labute approximate surface area is 121 Å². The zero-order valence-electron chi connectivity index (χ0n) is 10.0. The summed E-state index contributed by atoms with van der Waals surface area (Å²) in [6, 6.07) is 3.78. The van der Waals surface area contributed by atoms with Crippen molar-refractivity contribution in [1.29, 1.82) is 0 Å². The predicted molar refractivity (Wildman–Crippen MR) is 73.4 cm³/mol. The van der Waals surface area contributed by atoms with Gasteiger partial charge in [-0.2, -0.15) is 5.10 Å². The molecule has 0 radical (unpaired) electrons. The summed E-state index contributed by atoms with van der Waals surface area (Å²) in [6.07, 6.45) is 1.42. The highest BCUT2D eigenvalue weighted by atomic mass is 32.2. The van der Waals surface area contributed by atoms with Crippen molar-refractivity contribution in [2.24, 2.45) is 0 Å². The highest BCUT2D eigenvalue weighted by Gasteiger charge is 2.14. The van der Waals surface area contributed by atoms with E-state index in [2.05, 4.69) is 20.2 Å². The van der Waals surface area contributed by atoms with Gasteiger partial charge in [0.05, 0.1) is 17.0 Å². The van der Waals surface area contributed by atoms with E-state index in [9.17, 15) is 8.78 Å². The van der Waals surface area contributed by atoms with Gasteiger partial charge in [0.15, 0.2) is 5.16 Å². The molecule has 20 heavy (non-hydrogen) atoms. The van der Waals surface area contributed by atoms with Gasteiger partial charge in [-0.25, -0.2) is 18.7 Å². The van der Waals surface area contributed by atoms with Crippen LogP contribution in [0, 0.1) is 11.6 Å². The minimum Gasteiger partial charge on any atom is -0.254 e. The van der Waals surface area contributed by atoms with Crippen molar-refractivity contribution >= 4 is 23.1 Å². The van der Waals surface area contributed by atoms with Gasteiger partial charge in [-0.05, 0) is 12.1 Å². The van der Waals surface area contributed by atoms with Crippen molar-refractivity contribution in [3.63, 3.8) is 0 Å². The van der Waals surface area contributed by atoms with Gasteiger partial charge in [0, 0.05) is 5.38 Å². The number of thioether (sulfide) groups is 1. The Morgan fingerprint density at radius 2 is 2.05 bits per heavy atom. The minimum absolute atomic E-state index is 0.0836. The normalized spacial score (nSPS) is 10.9. The molecule has 102 valence electrons. The van der Waals surface area contributed by atoms with Gasteiger partial charge in [0.25, 0.3) is 0 Å². The van der Waals surface area contributed by atoms with Crippen molar-refractivity contribution in [1.82, 2.24) is 20.2 Å². The first-order valence-corrected chi connectivity index (χ1v) is 7.47. The number of aromatic nitrogens is 4. The Morgan fingerprint density at radius 1 is 1.25 bits per heavy atom. The number of aromatic amines is 1. The molecule has 0 saturated heterocycles. The quantitative estimate of drug-likeness (QED) is 0.749. The average Bonchev–Trinajstić information content (AvgIpc) is 3.07. The van der Waals surface area contributed by atoms with E-state index in [4.69, 9.17) is 0 Å². The predicted octanol–water partition coefficient (Wildman–Crippen LogP) is 3.50. The van der Waals surface area contributed by atoms with Crippen LogP contribution in [0.2, 0.25) is 0 Å². The first-order valence-electron chi connectivity index (χ1n) is 5.61. The molecule has 0 saturated carbocycles. The number of nitrogens with one attached hydrogen (secondary N) is 1. The Bertz CT molecular complexity index is 692. The number of hydrogen-bond acceptors (Lipinski definition) is 5. The van der Waals surface area contributed by atoms with E-state index in [-0.39, 0.29) is 5.56 Å². The standard InChI is InChI=1S/C12H8F2N4S2/c13-7-2-1-3-8(14)11(7)9-4-19-10(17-9)5-20-12-15-6-16-18-12/h1-4,6H,5H2,(H,15,16,18). The van der Waals surface area contributed by atoms with Crippen LogP contribution in [0.1, 0.15) is 5.01 Å². The number of thiazole rings is 1. The van der Waals surface area contributed by atoms with Crippen molar-refractivity contribution in [2.75, 3.05) is 0 Å². The Kier molecular flexibility index (Phi) is 3.75. The Balaban J connectivity index is 1.80. The number of halogens is 2. The lowest BCUT2D eigenvalue weighted by atomic mass is 10.1. The van der Waals surface area contributed by atoms with Crippen LogP contribution in [-0.2, 0) is 5.75 Å². The lowest BCUT2D eigenvalue weighted by Gasteiger charge is -2.00. The van der Waals surface area contributed by atoms with Crippen LogP contribution in [0.4, 0.5) is 8.78 Å². The molecule has 8 heteroatoms. The molecule has 0 atom stereocenters. The summed E-state index contributed by atoms with van der Waals surface area (Å²) in [5, 5.41) is 9.56. The van der Waals surface area contributed by atoms with Crippen LogP contribution in [0.25, 0.3) is 11.3 Å². The summed E-state index contributed by atoms with van der Waals surface area (Å²) in [7, 11) is 0. The molecule has 0 unspecified atom stereocenters. The maximum atomic E-state index is 13.7. The third kappa shape index (κ3) is 2.70. The molecule has 0 bridgehead atoms. The number of benzene rings is 1. The van der Waals surface area contributed by atoms with Crippen molar-refractivity contribution in [3.05, 3.63) is 46.5 Å². The Hall–Kier alpha value is -1.80. The lowest BCUT2D eigenvalue weighted by molar-refractivity contribution is 0.589. The number of rotatable bonds is 4. The lowest BCUT2D eigenvalue weighted by Crippen LogP contribution is -1.90. The highest BCUT2D eigenvalue weighted by Crippen LogP contribution is 2.29. The summed E-state index contributed by atoms with van der Waals surface area (Å²) in [4.78, 5) is 8.23. The van der Waals surface area contributed by atoms with Gasteiger partial charge < -0.3 is 0 Å². The molecular formula is C12H8F2N4S2. The second kappa shape index (κ2) is 5.68. The highest BCUT2D eigenvalue weighted by molar-refractivity contribution is 7.98. The number of nitrogens with zero attached hydrogens (tertiary/aromatic N) is 3. The number of H-pyrrole nitrogens is 1. The average molecular weight is 310 g/mol. The van der Waals surface area contributed by atoms with Crippen LogP contribution >= 0.6 is 23.1 Å². The van der Waals surface area contributed by atoms with Crippen LogP contribution in [-0.4, -0.2) is 20.2 Å². The third-order valence-corrected chi connectivity index (χ3v) is 4.42. The van der Waals surface area contributed by atoms with E-state index >= 15 is 0 Å². The maximum Gasteiger partial charge on any atom is 0.183 e. The smallest absolute Gasteiger partial charge is 0.183 e. The second-order valence-electron chi connectivity index (χ2n) is 3.80. The monoisotopic (exact) mass is 310 g/mol. The second-order valence-corrected chi connectivity index (χ2v) is 5.71. The molecule has 0 aliphatic rings. The first kappa shape index (κ1) is 13.2. The zero-order chi connectivity index (χ0) is 13.9. The van der Waals surface area contributed by atoms with Crippen LogP contribution in [0.15, 0.2) is 35.1 Å². The number of hydrogen-bond donors (Lipinski definition) is 1. The maximum absolute atomic E-state index is 13.7. The van der Waals surface area contributed by atoms with E-state index in [0.717, 1.165) is 5.01 Å². The molecule has 1 N–H and O–H groups in total. The van der Waals surface area contributed by atoms with Gasteiger partial charge in [-0.15, -0.1) is 11.3 Å².